The molecule has 0 fully saturated rings. The minimum absolute atomic E-state index is 0.238. The lowest BCUT2D eigenvalue weighted by Crippen LogP contribution is -2.34. The van der Waals surface area contributed by atoms with E-state index in [0.717, 1.165) is 16.8 Å². The molecule has 0 spiro atoms. The van der Waals surface area contributed by atoms with Gasteiger partial charge in [-0.25, -0.2) is 19.1 Å². The highest BCUT2D eigenvalue weighted by Crippen LogP contribution is 2.17. The molecule has 2 N–H and O–H groups in total. The minimum Gasteiger partial charge on any atom is -0.336 e. The van der Waals surface area contributed by atoms with Crippen molar-refractivity contribution in [1.29, 1.82) is 0 Å². The summed E-state index contributed by atoms with van der Waals surface area (Å²) in [6, 6.07) is 8.35. The summed E-state index contributed by atoms with van der Waals surface area (Å²) in [6.45, 7) is 4.43. The number of rotatable bonds is 5. The van der Waals surface area contributed by atoms with Gasteiger partial charge in [-0.05, 0) is 37.1 Å². The van der Waals surface area contributed by atoms with Crippen molar-refractivity contribution >= 4 is 11.7 Å². The molecule has 0 saturated carbocycles. The van der Waals surface area contributed by atoms with Gasteiger partial charge in [0.05, 0.1) is 6.54 Å². The van der Waals surface area contributed by atoms with Gasteiger partial charge < -0.3 is 10.6 Å². The summed E-state index contributed by atoms with van der Waals surface area (Å²) in [5.41, 5.74) is 2.61. The molecule has 0 aliphatic rings. The van der Waals surface area contributed by atoms with Crippen LogP contribution in [0.2, 0.25) is 0 Å². The van der Waals surface area contributed by atoms with Crippen molar-refractivity contribution in [2.24, 2.45) is 0 Å². The first-order valence-corrected chi connectivity index (χ1v) is 8.09. The zero-order valence-corrected chi connectivity index (χ0v) is 14.5. The topological polar surface area (TPSA) is 107 Å². The lowest BCUT2D eigenvalue weighted by Gasteiger charge is -2.12. The second-order valence-corrected chi connectivity index (χ2v) is 5.72. The van der Waals surface area contributed by atoms with Crippen LogP contribution in [-0.4, -0.2) is 37.1 Å². The van der Waals surface area contributed by atoms with Gasteiger partial charge in [0.1, 0.15) is 12.7 Å². The number of urea groups is 1. The number of carbonyl (C=O) groups excluding carboxylic acids is 1. The first kappa shape index (κ1) is 17.3. The first-order chi connectivity index (χ1) is 12.5. The van der Waals surface area contributed by atoms with E-state index in [1.807, 2.05) is 32.0 Å². The number of amides is 2. The zero-order chi connectivity index (χ0) is 18.5. The van der Waals surface area contributed by atoms with Gasteiger partial charge in [0.15, 0.2) is 5.82 Å². The summed E-state index contributed by atoms with van der Waals surface area (Å²) in [4.78, 5) is 27.8. The van der Waals surface area contributed by atoms with E-state index in [9.17, 15) is 9.59 Å². The van der Waals surface area contributed by atoms with Gasteiger partial charge in [-0.2, -0.15) is 5.10 Å². The monoisotopic (exact) mass is 353 g/mol. The quantitative estimate of drug-likeness (QED) is 0.718. The molecule has 0 saturated heterocycles. The molecular weight excluding hydrogens is 334 g/mol. The fraction of sp³-hybridized carbons (Fsp3) is 0.235. The summed E-state index contributed by atoms with van der Waals surface area (Å²) in [5, 5.41) is 13.7. The second-order valence-electron chi connectivity index (χ2n) is 5.72. The molecule has 0 radical (unpaired) electrons. The molecule has 2 aromatic heterocycles. The Labute approximate surface area is 149 Å². The Bertz CT molecular complexity index is 963. The Morgan fingerprint density at radius 1 is 1.19 bits per heavy atom. The molecule has 0 bridgehead atoms. The van der Waals surface area contributed by atoms with E-state index in [1.165, 1.54) is 28.1 Å². The first-order valence-electron chi connectivity index (χ1n) is 8.09. The Morgan fingerprint density at radius 2 is 2.04 bits per heavy atom. The van der Waals surface area contributed by atoms with Crippen molar-refractivity contribution in [2.75, 3.05) is 11.9 Å². The third-order valence-corrected chi connectivity index (χ3v) is 3.97. The van der Waals surface area contributed by atoms with E-state index >= 15 is 0 Å². The highest BCUT2D eigenvalue weighted by molar-refractivity contribution is 5.90. The average Bonchev–Trinajstić information content (AvgIpc) is 3.15. The van der Waals surface area contributed by atoms with E-state index in [-0.39, 0.29) is 24.7 Å². The SMILES string of the molecule is Cc1cccc(NC(=O)NCCn2nc(-n3cncn3)ccc2=O)c1C. The number of aromatic nitrogens is 5. The number of nitrogens with one attached hydrogen (secondary N) is 2. The van der Waals surface area contributed by atoms with E-state index in [2.05, 4.69) is 25.8 Å². The molecule has 0 aliphatic carbocycles. The molecule has 0 aliphatic heterocycles. The van der Waals surface area contributed by atoms with Crippen molar-refractivity contribution in [3.05, 3.63) is 64.5 Å². The highest BCUT2D eigenvalue weighted by atomic mass is 16.2. The fourth-order valence-electron chi connectivity index (χ4n) is 2.38. The average molecular weight is 353 g/mol. The molecule has 26 heavy (non-hydrogen) atoms. The third-order valence-electron chi connectivity index (χ3n) is 3.97. The number of hydrogen-bond donors (Lipinski definition) is 2. The van der Waals surface area contributed by atoms with E-state index in [0.29, 0.717) is 5.82 Å². The Hall–Kier alpha value is -3.49. The predicted molar refractivity (Wildman–Crippen MR) is 96.4 cm³/mol. The Morgan fingerprint density at radius 3 is 2.81 bits per heavy atom. The smallest absolute Gasteiger partial charge is 0.319 e. The molecule has 3 aromatic rings. The van der Waals surface area contributed by atoms with Gasteiger partial charge in [0, 0.05) is 18.3 Å². The molecule has 134 valence electrons. The maximum atomic E-state index is 12.1. The summed E-state index contributed by atoms with van der Waals surface area (Å²) < 4.78 is 2.73. The van der Waals surface area contributed by atoms with Crippen molar-refractivity contribution in [3.8, 4) is 5.82 Å². The molecule has 0 atom stereocenters. The van der Waals surface area contributed by atoms with E-state index < -0.39 is 0 Å². The van der Waals surface area contributed by atoms with Gasteiger partial charge in [0.2, 0.25) is 0 Å². The molecule has 0 unspecified atom stereocenters. The van der Waals surface area contributed by atoms with Gasteiger partial charge >= 0.3 is 6.03 Å². The van der Waals surface area contributed by atoms with Crippen LogP contribution in [-0.2, 0) is 6.54 Å². The zero-order valence-electron chi connectivity index (χ0n) is 14.5. The molecular formula is C17H19N7O2. The van der Waals surface area contributed by atoms with Crippen LogP contribution >= 0.6 is 0 Å². The number of nitrogens with zero attached hydrogens (tertiary/aromatic N) is 5. The van der Waals surface area contributed by atoms with Crippen LogP contribution in [0.4, 0.5) is 10.5 Å². The van der Waals surface area contributed by atoms with Crippen LogP contribution in [0.1, 0.15) is 11.1 Å². The predicted octanol–water partition coefficient (Wildman–Crippen LogP) is 1.26. The third kappa shape index (κ3) is 3.94. The second kappa shape index (κ2) is 7.60. The van der Waals surface area contributed by atoms with Crippen LogP contribution < -0.4 is 16.2 Å². The summed E-state index contributed by atoms with van der Waals surface area (Å²) in [7, 11) is 0. The maximum Gasteiger partial charge on any atom is 0.319 e. The molecule has 2 heterocycles. The number of carbonyl (C=O) groups is 1. The lowest BCUT2D eigenvalue weighted by atomic mass is 10.1. The van der Waals surface area contributed by atoms with Crippen molar-refractivity contribution < 1.29 is 4.79 Å². The van der Waals surface area contributed by atoms with Crippen LogP contribution in [0.25, 0.3) is 5.82 Å². The molecule has 2 amide bonds. The Kier molecular flexibility index (Phi) is 5.07. The number of benzene rings is 1. The van der Waals surface area contributed by atoms with Crippen LogP contribution in [0.15, 0.2) is 47.8 Å². The minimum atomic E-state index is -0.334. The van der Waals surface area contributed by atoms with Gasteiger partial charge in [-0.3, -0.25) is 4.79 Å². The van der Waals surface area contributed by atoms with Crippen molar-refractivity contribution in [3.63, 3.8) is 0 Å². The van der Waals surface area contributed by atoms with E-state index in [4.69, 9.17) is 0 Å². The van der Waals surface area contributed by atoms with Gasteiger partial charge in [-0.1, -0.05) is 12.1 Å². The summed E-state index contributed by atoms with van der Waals surface area (Å²) >= 11 is 0. The fourth-order valence-corrected chi connectivity index (χ4v) is 2.38. The standard InChI is InChI=1S/C17H19N7O2/c1-12-4-3-5-14(13(12)2)21-17(26)19-8-9-23-16(25)7-6-15(22-23)24-11-18-10-20-24/h3-7,10-11H,8-9H2,1-2H3,(H2,19,21,26). The van der Waals surface area contributed by atoms with Gasteiger partial charge in [-0.15, -0.1) is 5.10 Å². The van der Waals surface area contributed by atoms with Crippen LogP contribution in [0.3, 0.4) is 0 Å². The summed E-state index contributed by atoms with van der Waals surface area (Å²) in [6.07, 6.45) is 2.88. The molecule has 3 rings (SSSR count). The lowest BCUT2D eigenvalue weighted by molar-refractivity contribution is 0.251. The van der Waals surface area contributed by atoms with E-state index in [1.54, 1.807) is 6.07 Å². The number of aryl methyl sites for hydroxylation is 1. The molecule has 1 aromatic carbocycles. The maximum absolute atomic E-state index is 12.1. The van der Waals surface area contributed by atoms with Crippen molar-refractivity contribution in [2.45, 2.75) is 20.4 Å². The molecule has 9 heteroatoms. The number of hydrogen-bond acceptors (Lipinski definition) is 5. The normalized spacial score (nSPS) is 10.5. The molecule has 9 nitrogen and oxygen atoms in total. The largest absolute Gasteiger partial charge is 0.336 e. The summed E-state index contributed by atoms with van der Waals surface area (Å²) in [5.74, 6) is 0.474. The van der Waals surface area contributed by atoms with Crippen molar-refractivity contribution in [1.82, 2.24) is 29.9 Å². The van der Waals surface area contributed by atoms with Crippen LogP contribution in [0, 0.1) is 13.8 Å². The number of anilines is 1. The van der Waals surface area contributed by atoms with Gasteiger partial charge in [0.25, 0.3) is 5.56 Å². The highest BCUT2D eigenvalue weighted by Gasteiger charge is 2.07. The van der Waals surface area contributed by atoms with Crippen LogP contribution in [0.5, 0.6) is 0 Å². The Balaban J connectivity index is 1.59.